The smallest absolute Gasteiger partial charge is 0.295 e. The third-order valence-corrected chi connectivity index (χ3v) is 6.52. The van der Waals surface area contributed by atoms with Gasteiger partial charge < -0.3 is 9.55 Å². The first kappa shape index (κ1) is 18.5. The highest BCUT2D eigenvalue weighted by atomic mass is 32.2. The van der Waals surface area contributed by atoms with Crippen LogP contribution in [-0.2, 0) is 17.2 Å². The van der Waals surface area contributed by atoms with E-state index >= 15 is 0 Å². The van der Waals surface area contributed by atoms with Crippen LogP contribution in [0.25, 0.3) is 43.6 Å². The van der Waals surface area contributed by atoms with E-state index in [0.717, 1.165) is 11.1 Å². The van der Waals surface area contributed by atoms with Gasteiger partial charge in [0, 0.05) is 23.2 Å². The van der Waals surface area contributed by atoms with E-state index < -0.39 is 20.4 Å². The number of hydrogen-bond acceptors (Lipinski definition) is 4. The largest absolute Gasteiger partial charge is 0.354 e. The number of aromatic nitrogens is 2. The SMILES string of the molecule is Cc1cccc2c1c(=O)c1cc3[nH]c4cccc(S(=O)(=O)O)c4c(=O)c3cc1n2C. The maximum Gasteiger partial charge on any atom is 0.295 e. The van der Waals surface area contributed by atoms with Crippen LogP contribution in [0.4, 0.5) is 0 Å². The minimum Gasteiger partial charge on any atom is -0.354 e. The molecule has 0 aliphatic carbocycles. The summed E-state index contributed by atoms with van der Waals surface area (Å²) in [6.45, 7) is 1.88. The minimum absolute atomic E-state index is 0.117. The van der Waals surface area contributed by atoms with Crippen LogP contribution in [0, 0.1) is 6.92 Å². The molecule has 0 fully saturated rings. The molecule has 0 radical (unpaired) electrons. The molecule has 7 nitrogen and oxygen atoms in total. The van der Waals surface area contributed by atoms with Crippen LogP contribution in [-0.4, -0.2) is 22.5 Å². The van der Waals surface area contributed by atoms with Gasteiger partial charge in [0.1, 0.15) is 4.90 Å². The first-order valence-corrected chi connectivity index (χ1v) is 10.6. The molecule has 0 unspecified atom stereocenters. The summed E-state index contributed by atoms with van der Waals surface area (Å²) in [7, 11) is -2.77. The lowest BCUT2D eigenvalue weighted by Crippen LogP contribution is -2.13. The van der Waals surface area contributed by atoms with Gasteiger partial charge in [0.05, 0.1) is 27.5 Å². The molecule has 0 amide bonds. The normalized spacial score (nSPS) is 12.4. The van der Waals surface area contributed by atoms with Crippen LogP contribution < -0.4 is 10.9 Å². The van der Waals surface area contributed by atoms with Crippen molar-refractivity contribution >= 4 is 53.7 Å². The number of nitrogens with one attached hydrogen (secondary N) is 1. The number of H-pyrrole nitrogens is 1. The molecule has 0 saturated heterocycles. The van der Waals surface area contributed by atoms with Crippen LogP contribution in [0.2, 0.25) is 0 Å². The Balaban J connectivity index is 2.06. The summed E-state index contributed by atoms with van der Waals surface area (Å²) < 4.78 is 35.0. The van der Waals surface area contributed by atoms with E-state index in [1.807, 2.05) is 36.7 Å². The van der Waals surface area contributed by atoms with Crippen molar-refractivity contribution in [3.8, 4) is 0 Å². The fourth-order valence-electron chi connectivity index (χ4n) is 4.19. The van der Waals surface area contributed by atoms with E-state index in [0.29, 0.717) is 21.8 Å². The molecule has 0 atom stereocenters. The Hall–Kier alpha value is -3.49. The molecule has 0 spiro atoms. The predicted octanol–water partition coefficient (Wildman–Crippen LogP) is 3.24. The van der Waals surface area contributed by atoms with E-state index in [-0.39, 0.29) is 21.7 Å². The monoisotopic (exact) mass is 420 g/mol. The summed E-state index contributed by atoms with van der Waals surface area (Å²) in [6.07, 6.45) is 0. The molecule has 0 bridgehead atoms. The van der Waals surface area contributed by atoms with Gasteiger partial charge in [0.25, 0.3) is 10.1 Å². The zero-order valence-electron chi connectivity index (χ0n) is 16.1. The van der Waals surface area contributed by atoms with Gasteiger partial charge in [-0.2, -0.15) is 8.42 Å². The number of nitrogens with zero attached hydrogens (tertiary/aromatic N) is 1. The van der Waals surface area contributed by atoms with Crippen LogP contribution in [0.5, 0.6) is 0 Å². The highest BCUT2D eigenvalue weighted by Gasteiger charge is 2.19. The van der Waals surface area contributed by atoms with E-state index in [2.05, 4.69) is 4.98 Å². The van der Waals surface area contributed by atoms with Crippen LogP contribution in [0.15, 0.2) is 63.0 Å². The maximum atomic E-state index is 13.2. The van der Waals surface area contributed by atoms with Crippen molar-refractivity contribution in [1.82, 2.24) is 9.55 Å². The quantitative estimate of drug-likeness (QED) is 0.320. The molecule has 0 saturated carbocycles. The summed E-state index contributed by atoms with van der Waals surface area (Å²) in [5.41, 5.74) is 2.16. The summed E-state index contributed by atoms with van der Waals surface area (Å²) in [6, 6.07) is 13.0. The zero-order chi connectivity index (χ0) is 21.4. The van der Waals surface area contributed by atoms with Crippen LogP contribution in [0.1, 0.15) is 5.56 Å². The second-order valence-corrected chi connectivity index (χ2v) is 8.77. The summed E-state index contributed by atoms with van der Waals surface area (Å²) >= 11 is 0. The first-order valence-electron chi connectivity index (χ1n) is 9.17. The number of benzene rings is 3. The van der Waals surface area contributed by atoms with Crippen molar-refractivity contribution in [3.05, 3.63) is 74.5 Å². The third kappa shape index (κ3) is 2.44. The van der Waals surface area contributed by atoms with Gasteiger partial charge in [-0.15, -0.1) is 0 Å². The second kappa shape index (κ2) is 6.01. The Morgan fingerprint density at radius 2 is 1.57 bits per heavy atom. The Kier molecular flexibility index (Phi) is 3.71. The fourth-order valence-corrected chi connectivity index (χ4v) is 4.91. The van der Waals surface area contributed by atoms with Crippen molar-refractivity contribution in [1.29, 1.82) is 0 Å². The Labute approximate surface area is 169 Å². The molecule has 2 aromatic heterocycles. The Morgan fingerprint density at radius 3 is 2.30 bits per heavy atom. The number of aromatic amines is 1. The molecule has 5 aromatic rings. The lowest BCUT2D eigenvalue weighted by atomic mass is 10.0. The van der Waals surface area contributed by atoms with Gasteiger partial charge in [-0.3, -0.25) is 14.1 Å². The predicted molar refractivity (Wildman–Crippen MR) is 117 cm³/mol. The number of aryl methyl sites for hydroxylation is 2. The molecular weight excluding hydrogens is 404 g/mol. The van der Waals surface area contributed by atoms with E-state index in [1.54, 1.807) is 18.2 Å². The molecule has 2 heterocycles. The highest BCUT2D eigenvalue weighted by molar-refractivity contribution is 7.86. The Bertz CT molecular complexity index is 1780. The van der Waals surface area contributed by atoms with E-state index in [4.69, 9.17) is 0 Å². The Morgan fingerprint density at radius 1 is 0.867 bits per heavy atom. The topological polar surface area (TPSA) is 109 Å². The first-order chi connectivity index (χ1) is 14.2. The average Bonchev–Trinajstić information content (AvgIpc) is 2.70. The van der Waals surface area contributed by atoms with Crippen molar-refractivity contribution in [2.45, 2.75) is 11.8 Å². The second-order valence-electron chi connectivity index (χ2n) is 7.38. The van der Waals surface area contributed by atoms with Crippen molar-refractivity contribution < 1.29 is 13.0 Å². The van der Waals surface area contributed by atoms with Gasteiger partial charge in [-0.1, -0.05) is 18.2 Å². The average molecular weight is 420 g/mol. The molecule has 150 valence electrons. The summed E-state index contributed by atoms with van der Waals surface area (Å²) in [4.78, 5) is 29.0. The fraction of sp³-hybridized carbons (Fsp3) is 0.0909. The van der Waals surface area contributed by atoms with Gasteiger partial charge in [-0.05, 0) is 42.8 Å². The molecule has 3 aromatic carbocycles. The number of rotatable bonds is 1. The lowest BCUT2D eigenvalue weighted by molar-refractivity contribution is 0.484. The number of fused-ring (bicyclic) bond motifs is 4. The van der Waals surface area contributed by atoms with Gasteiger partial charge in [0.2, 0.25) is 0 Å². The molecule has 0 aliphatic rings. The molecule has 30 heavy (non-hydrogen) atoms. The standard InChI is InChI=1S/C22H16N2O5S/c1-11-5-3-7-16-19(11)22(26)13-9-15-12(10-17(13)24(16)2)21(25)20-14(23-15)6-4-8-18(20)30(27,28)29/h3-10H,1-2H3,(H,23,25)(H,27,28,29). The van der Waals surface area contributed by atoms with Crippen molar-refractivity contribution in [3.63, 3.8) is 0 Å². The summed E-state index contributed by atoms with van der Waals surface area (Å²) in [5, 5.41) is 1.18. The lowest BCUT2D eigenvalue weighted by Gasteiger charge is -2.13. The van der Waals surface area contributed by atoms with Crippen molar-refractivity contribution in [2.24, 2.45) is 7.05 Å². The molecular formula is C22H16N2O5S. The maximum absolute atomic E-state index is 13.2. The molecule has 5 rings (SSSR count). The molecule has 0 aliphatic heterocycles. The van der Waals surface area contributed by atoms with E-state index in [9.17, 15) is 22.6 Å². The van der Waals surface area contributed by atoms with E-state index in [1.165, 1.54) is 12.1 Å². The number of pyridine rings is 2. The van der Waals surface area contributed by atoms with Crippen molar-refractivity contribution in [2.75, 3.05) is 0 Å². The van der Waals surface area contributed by atoms with Gasteiger partial charge in [-0.25, -0.2) is 0 Å². The molecule has 2 N–H and O–H groups in total. The highest BCUT2D eigenvalue weighted by Crippen LogP contribution is 2.26. The van der Waals surface area contributed by atoms with Gasteiger partial charge >= 0.3 is 0 Å². The van der Waals surface area contributed by atoms with Crippen LogP contribution in [0.3, 0.4) is 0 Å². The van der Waals surface area contributed by atoms with Gasteiger partial charge in [0.15, 0.2) is 10.9 Å². The third-order valence-electron chi connectivity index (χ3n) is 5.63. The molecule has 8 heteroatoms. The number of hydrogen-bond donors (Lipinski definition) is 2. The van der Waals surface area contributed by atoms with Crippen LogP contribution >= 0.6 is 0 Å². The summed E-state index contributed by atoms with van der Waals surface area (Å²) in [5.74, 6) is 0. The minimum atomic E-state index is -4.59. The zero-order valence-corrected chi connectivity index (χ0v) is 16.9.